The second kappa shape index (κ2) is 12.3. The molecule has 0 aromatic carbocycles. The molecular formula is C18H32BrNO. The molecule has 0 saturated carbocycles. The van der Waals surface area contributed by atoms with Gasteiger partial charge in [-0.05, 0) is 35.5 Å². The standard InChI is InChI=1S/C18H32BrNO/c1-3-4-5-6-7-8-9-10-11-12-13-17(20-2)16-14-15-21-18(16)19/h14-15,17,20H,3-13H2,1-2H3. The van der Waals surface area contributed by atoms with Gasteiger partial charge in [-0.25, -0.2) is 0 Å². The van der Waals surface area contributed by atoms with Crippen LogP contribution < -0.4 is 5.32 Å². The smallest absolute Gasteiger partial charge is 0.173 e. The van der Waals surface area contributed by atoms with E-state index in [1.807, 2.05) is 7.05 Å². The van der Waals surface area contributed by atoms with Crippen LogP contribution in [0.1, 0.15) is 89.2 Å². The number of hydrogen-bond donors (Lipinski definition) is 1. The summed E-state index contributed by atoms with van der Waals surface area (Å²) < 4.78 is 6.19. The number of furan rings is 1. The van der Waals surface area contributed by atoms with Crippen molar-refractivity contribution in [1.29, 1.82) is 0 Å². The lowest BCUT2D eigenvalue weighted by Gasteiger charge is -2.14. The number of rotatable bonds is 13. The molecule has 122 valence electrons. The molecule has 1 N–H and O–H groups in total. The van der Waals surface area contributed by atoms with E-state index in [1.54, 1.807) is 6.26 Å². The molecule has 0 spiro atoms. The van der Waals surface area contributed by atoms with Gasteiger partial charge in [-0.1, -0.05) is 71.1 Å². The Morgan fingerprint density at radius 1 is 1.00 bits per heavy atom. The minimum Gasteiger partial charge on any atom is -0.457 e. The van der Waals surface area contributed by atoms with Gasteiger partial charge in [0.1, 0.15) is 0 Å². The number of nitrogens with one attached hydrogen (secondary N) is 1. The molecule has 0 bridgehead atoms. The van der Waals surface area contributed by atoms with E-state index in [9.17, 15) is 0 Å². The Hall–Kier alpha value is -0.280. The second-order valence-corrected chi connectivity index (χ2v) is 6.68. The molecule has 1 heterocycles. The lowest BCUT2D eigenvalue weighted by atomic mass is 10.0. The molecule has 1 rings (SSSR count). The first-order valence-electron chi connectivity index (χ1n) is 8.69. The van der Waals surface area contributed by atoms with E-state index in [0.717, 1.165) is 4.67 Å². The van der Waals surface area contributed by atoms with Gasteiger partial charge in [0.25, 0.3) is 0 Å². The molecular weight excluding hydrogens is 326 g/mol. The van der Waals surface area contributed by atoms with Crippen molar-refractivity contribution in [3.63, 3.8) is 0 Å². The van der Waals surface area contributed by atoms with E-state index in [4.69, 9.17) is 4.42 Å². The molecule has 0 aliphatic carbocycles. The molecule has 0 aliphatic heterocycles. The van der Waals surface area contributed by atoms with Crippen LogP contribution in [0.25, 0.3) is 0 Å². The van der Waals surface area contributed by atoms with Crippen molar-refractivity contribution in [2.24, 2.45) is 0 Å². The molecule has 21 heavy (non-hydrogen) atoms. The van der Waals surface area contributed by atoms with Crippen LogP contribution in [-0.4, -0.2) is 7.05 Å². The third-order valence-electron chi connectivity index (χ3n) is 4.22. The highest BCUT2D eigenvalue weighted by Gasteiger charge is 2.14. The summed E-state index contributed by atoms with van der Waals surface area (Å²) in [5.74, 6) is 0. The SMILES string of the molecule is CCCCCCCCCCCCC(NC)c1ccoc1Br. The number of unbranched alkanes of at least 4 members (excludes halogenated alkanes) is 9. The monoisotopic (exact) mass is 357 g/mol. The van der Waals surface area contributed by atoms with Gasteiger partial charge in [-0.3, -0.25) is 0 Å². The van der Waals surface area contributed by atoms with Crippen molar-refractivity contribution in [3.05, 3.63) is 22.6 Å². The van der Waals surface area contributed by atoms with Gasteiger partial charge >= 0.3 is 0 Å². The molecule has 1 atom stereocenters. The number of hydrogen-bond acceptors (Lipinski definition) is 2. The number of halogens is 1. The van der Waals surface area contributed by atoms with E-state index in [1.165, 1.54) is 76.2 Å². The van der Waals surface area contributed by atoms with Crippen LogP contribution in [0.4, 0.5) is 0 Å². The van der Waals surface area contributed by atoms with Crippen LogP contribution in [-0.2, 0) is 0 Å². The fourth-order valence-corrected chi connectivity index (χ4v) is 3.36. The highest BCUT2D eigenvalue weighted by molar-refractivity contribution is 9.10. The maximum absolute atomic E-state index is 5.32. The van der Waals surface area contributed by atoms with Crippen molar-refractivity contribution < 1.29 is 4.42 Å². The maximum atomic E-state index is 5.32. The van der Waals surface area contributed by atoms with E-state index in [-0.39, 0.29) is 0 Å². The quantitative estimate of drug-likeness (QED) is 0.401. The Kier molecular flexibility index (Phi) is 11.0. The van der Waals surface area contributed by atoms with Crippen LogP contribution >= 0.6 is 15.9 Å². The average molecular weight is 358 g/mol. The van der Waals surface area contributed by atoms with Gasteiger partial charge in [-0.15, -0.1) is 0 Å². The first kappa shape index (κ1) is 18.8. The lowest BCUT2D eigenvalue weighted by Crippen LogP contribution is -2.15. The van der Waals surface area contributed by atoms with Gasteiger partial charge in [0.05, 0.1) is 6.26 Å². The molecule has 0 saturated heterocycles. The van der Waals surface area contributed by atoms with Crippen LogP contribution in [0, 0.1) is 0 Å². The molecule has 0 aliphatic rings. The molecule has 0 radical (unpaired) electrons. The van der Waals surface area contributed by atoms with Crippen LogP contribution in [0.5, 0.6) is 0 Å². The molecule has 2 nitrogen and oxygen atoms in total. The lowest BCUT2D eigenvalue weighted by molar-refractivity contribution is 0.477. The van der Waals surface area contributed by atoms with Gasteiger partial charge in [-0.2, -0.15) is 0 Å². The summed E-state index contributed by atoms with van der Waals surface area (Å²) in [7, 11) is 2.03. The fraction of sp³-hybridized carbons (Fsp3) is 0.778. The molecule has 0 amide bonds. The summed E-state index contributed by atoms with van der Waals surface area (Å²) in [6.07, 6.45) is 16.9. The zero-order valence-electron chi connectivity index (χ0n) is 13.8. The van der Waals surface area contributed by atoms with E-state index in [0.29, 0.717) is 6.04 Å². The first-order valence-corrected chi connectivity index (χ1v) is 9.49. The van der Waals surface area contributed by atoms with E-state index in [2.05, 4.69) is 34.2 Å². The van der Waals surface area contributed by atoms with Gasteiger partial charge < -0.3 is 9.73 Å². The second-order valence-electron chi connectivity index (χ2n) is 5.96. The Labute approximate surface area is 139 Å². The molecule has 1 aromatic rings. The van der Waals surface area contributed by atoms with Crippen molar-refractivity contribution >= 4 is 15.9 Å². The summed E-state index contributed by atoms with van der Waals surface area (Å²) in [5.41, 5.74) is 1.24. The van der Waals surface area contributed by atoms with Gasteiger partial charge in [0, 0.05) is 11.6 Å². The minimum atomic E-state index is 0.409. The van der Waals surface area contributed by atoms with Crippen molar-refractivity contribution in [1.82, 2.24) is 5.32 Å². The highest BCUT2D eigenvalue weighted by atomic mass is 79.9. The fourth-order valence-electron chi connectivity index (χ4n) is 2.84. The topological polar surface area (TPSA) is 25.2 Å². The summed E-state index contributed by atoms with van der Waals surface area (Å²) in [5, 5.41) is 3.39. The molecule has 0 fully saturated rings. The third kappa shape index (κ3) is 8.06. The van der Waals surface area contributed by atoms with E-state index >= 15 is 0 Å². The Morgan fingerprint density at radius 3 is 2.05 bits per heavy atom. The average Bonchev–Trinajstić information content (AvgIpc) is 2.91. The van der Waals surface area contributed by atoms with Crippen LogP contribution in [0.2, 0.25) is 0 Å². The van der Waals surface area contributed by atoms with Crippen molar-refractivity contribution in [3.8, 4) is 0 Å². The minimum absolute atomic E-state index is 0.409. The largest absolute Gasteiger partial charge is 0.457 e. The van der Waals surface area contributed by atoms with Gasteiger partial charge in [0.2, 0.25) is 0 Å². The summed E-state index contributed by atoms with van der Waals surface area (Å²) in [6.45, 7) is 2.28. The van der Waals surface area contributed by atoms with Crippen LogP contribution in [0.3, 0.4) is 0 Å². The Bertz CT molecular complexity index is 351. The highest BCUT2D eigenvalue weighted by Crippen LogP contribution is 2.28. The van der Waals surface area contributed by atoms with Crippen molar-refractivity contribution in [2.75, 3.05) is 7.05 Å². The predicted molar refractivity (Wildman–Crippen MR) is 94.7 cm³/mol. The van der Waals surface area contributed by atoms with Crippen molar-refractivity contribution in [2.45, 2.75) is 83.6 Å². The summed E-state index contributed by atoms with van der Waals surface area (Å²) in [6, 6.07) is 2.47. The third-order valence-corrected chi connectivity index (χ3v) is 4.86. The molecule has 3 heteroatoms. The Morgan fingerprint density at radius 2 is 1.57 bits per heavy atom. The summed E-state index contributed by atoms with van der Waals surface area (Å²) in [4.78, 5) is 0. The normalized spacial score (nSPS) is 12.7. The zero-order valence-corrected chi connectivity index (χ0v) is 15.4. The van der Waals surface area contributed by atoms with E-state index < -0.39 is 0 Å². The van der Waals surface area contributed by atoms with Crippen LogP contribution in [0.15, 0.2) is 21.4 Å². The first-order chi connectivity index (χ1) is 10.3. The zero-order chi connectivity index (χ0) is 15.3. The Balaban J connectivity index is 1.99. The van der Waals surface area contributed by atoms with Gasteiger partial charge in [0.15, 0.2) is 4.67 Å². The molecule has 1 unspecified atom stereocenters. The summed E-state index contributed by atoms with van der Waals surface area (Å²) >= 11 is 3.47. The molecule has 1 aromatic heterocycles. The predicted octanol–water partition coefficient (Wildman–Crippen LogP) is 6.61. The maximum Gasteiger partial charge on any atom is 0.173 e.